The summed E-state index contributed by atoms with van der Waals surface area (Å²) in [5.74, 6) is 0.354. The molecule has 0 bridgehead atoms. The molecular weight excluding hydrogens is 260 g/mol. The zero-order valence-electron chi connectivity index (χ0n) is 11.9. The average molecular weight is 283 g/mol. The first-order valence-electron chi connectivity index (χ1n) is 6.92. The van der Waals surface area contributed by atoms with Gasteiger partial charge in [0.05, 0.1) is 16.8 Å². The molecule has 0 aromatic heterocycles. The van der Waals surface area contributed by atoms with E-state index in [1.807, 2.05) is 20.0 Å². The molecule has 0 radical (unpaired) electrons. The Morgan fingerprint density at radius 3 is 2.68 bits per heavy atom. The first-order chi connectivity index (χ1) is 9.02. The van der Waals surface area contributed by atoms with E-state index < -0.39 is 0 Å². The van der Waals surface area contributed by atoms with Crippen molar-refractivity contribution < 1.29 is 5.11 Å². The van der Waals surface area contributed by atoms with E-state index in [1.54, 1.807) is 0 Å². The maximum Gasteiger partial charge on any atom is 0.0642 e. The summed E-state index contributed by atoms with van der Waals surface area (Å²) in [6.45, 7) is 5.84. The number of hydrogen-bond acceptors (Lipinski definition) is 3. The zero-order chi connectivity index (χ0) is 14.0. The molecule has 1 aliphatic rings. The first-order valence-corrected chi connectivity index (χ1v) is 7.30. The van der Waals surface area contributed by atoms with E-state index in [-0.39, 0.29) is 6.10 Å². The molecule has 0 saturated carbocycles. The van der Waals surface area contributed by atoms with Gasteiger partial charge < -0.3 is 15.3 Å². The summed E-state index contributed by atoms with van der Waals surface area (Å²) < 4.78 is 0. The number of halogens is 1. The van der Waals surface area contributed by atoms with Crippen LogP contribution in [0.1, 0.15) is 31.9 Å². The minimum atomic E-state index is -0.243. The lowest BCUT2D eigenvalue weighted by molar-refractivity contribution is 0.136. The van der Waals surface area contributed by atoms with Crippen LogP contribution in [0.3, 0.4) is 0 Å². The van der Waals surface area contributed by atoms with Crippen LogP contribution in [0.5, 0.6) is 0 Å². The van der Waals surface area contributed by atoms with Crippen molar-refractivity contribution >= 4 is 17.3 Å². The molecule has 19 heavy (non-hydrogen) atoms. The molecule has 3 unspecified atom stereocenters. The number of nitrogens with one attached hydrogen (secondary N) is 1. The fraction of sp³-hybridized carbons (Fsp3) is 0.600. The maximum atomic E-state index is 9.67. The van der Waals surface area contributed by atoms with Crippen molar-refractivity contribution in [1.82, 2.24) is 5.32 Å². The molecular formula is C15H23ClN2O. The van der Waals surface area contributed by atoms with Gasteiger partial charge in [0, 0.05) is 25.0 Å². The van der Waals surface area contributed by atoms with Crippen molar-refractivity contribution in [2.45, 2.75) is 32.4 Å². The molecule has 0 spiro atoms. The molecule has 106 valence electrons. The summed E-state index contributed by atoms with van der Waals surface area (Å²) >= 11 is 6.41. The van der Waals surface area contributed by atoms with Crippen LogP contribution in [0.4, 0.5) is 5.69 Å². The topological polar surface area (TPSA) is 35.5 Å². The first kappa shape index (κ1) is 14.6. The summed E-state index contributed by atoms with van der Waals surface area (Å²) in [5.41, 5.74) is 2.28. The van der Waals surface area contributed by atoms with Gasteiger partial charge in [-0.15, -0.1) is 0 Å². The molecule has 1 aromatic carbocycles. The van der Waals surface area contributed by atoms with Gasteiger partial charge in [0.15, 0.2) is 0 Å². The second-order valence-electron chi connectivity index (χ2n) is 5.46. The van der Waals surface area contributed by atoms with Crippen molar-refractivity contribution in [2.75, 3.05) is 25.0 Å². The number of aliphatic hydroxyl groups excluding tert-OH is 1. The fourth-order valence-corrected chi connectivity index (χ4v) is 2.92. The monoisotopic (exact) mass is 282 g/mol. The van der Waals surface area contributed by atoms with E-state index in [0.29, 0.717) is 12.0 Å². The number of hydrogen-bond donors (Lipinski definition) is 2. The van der Waals surface area contributed by atoms with Crippen molar-refractivity contribution in [2.24, 2.45) is 5.92 Å². The molecule has 2 N–H and O–H groups in total. The zero-order valence-corrected chi connectivity index (χ0v) is 12.6. The summed E-state index contributed by atoms with van der Waals surface area (Å²) in [4.78, 5) is 2.27. The quantitative estimate of drug-likeness (QED) is 0.891. The molecule has 0 amide bonds. The highest BCUT2D eigenvalue weighted by Gasteiger charge is 2.27. The highest BCUT2D eigenvalue weighted by atomic mass is 35.5. The van der Waals surface area contributed by atoms with Crippen LogP contribution in [-0.4, -0.2) is 31.3 Å². The van der Waals surface area contributed by atoms with E-state index >= 15 is 0 Å². The molecule has 2 rings (SSSR count). The Labute approximate surface area is 120 Å². The third-order valence-electron chi connectivity index (χ3n) is 4.15. The summed E-state index contributed by atoms with van der Waals surface area (Å²) in [6.07, 6.45) is 0.787. The standard InChI is InChI=1S/C15H23ClN2O/c1-10(17-3)12-4-5-15(14(16)8-12)18-7-6-13(9-18)11(2)19/h4-5,8,10-11,13,17,19H,6-7,9H2,1-3H3. The SMILES string of the molecule is CNC(C)c1ccc(N2CCC(C(C)O)C2)c(Cl)c1. The van der Waals surface area contributed by atoms with Gasteiger partial charge in [-0.25, -0.2) is 0 Å². The number of aliphatic hydroxyl groups is 1. The minimum absolute atomic E-state index is 0.243. The highest BCUT2D eigenvalue weighted by molar-refractivity contribution is 6.33. The van der Waals surface area contributed by atoms with Crippen molar-refractivity contribution in [3.63, 3.8) is 0 Å². The van der Waals surface area contributed by atoms with Gasteiger partial charge in [-0.2, -0.15) is 0 Å². The van der Waals surface area contributed by atoms with Crippen molar-refractivity contribution in [1.29, 1.82) is 0 Å². The third kappa shape index (κ3) is 3.22. The van der Waals surface area contributed by atoms with Crippen LogP contribution < -0.4 is 10.2 Å². The third-order valence-corrected chi connectivity index (χ3v) is 4.46. The Balaban J connectivity index is 2.14. The Morgan fingerprint density at radius 1 is 1.42 bits per heavy atom. The van der Waals surface area contributed by atoms with Gasteiger partial charge in [-0.3, -0.25) is 0 Å². The second kappa shape index (κ2) is 6.12. The van der Waals surface area contributed by atoms with E-state index in [9.17, 15) is 5.11 Å². The summed E-state index contributed by atoms with van der Waals surface area (Å²) in [5, 5.41) is 13.7. The molecule has 1 fully saturated rings. The molecule has 0 aliphatic carbocycles. The Morgan fingerprint density at radius 2 is 2.16 bits per heavy atom. The second-order valence-corrected chi connectivity index (χ2v) is 5.86. The average Bonchev–Trinajstić information content (AvgIpc) is 2.87. The smallest absolute Gasteiger partial charge is 0.0642 e. The predicted molar refractivity (Wildman–Crippen MR) is 80.9 cm³/mol. The van der Waals surface area contributed by atoms with Crippen LogP contribution in [0.2, 0.25) is 5.02 Å². The number of benzene rings is 1. The van der Waals surface area contributed by atoms with Crippen LogP contribution in [-0.2, 0) is 0 Å². The van der Waals surface area contributed by atoms with Crippen LogP contribution in [0.15, 0.2) is 18.2 Å². The normalized spacial score (nSPS) is 22.6. The molecule has 1 saturated heterocycles. The van der Waals surface area contributed by atoms with E-state index in [4.69, 9.17) is 11.6 Å². The number of nitrogens with zero attached hydrogens (tertiary/aromatic N) is 1. The van der Waals surface area contributed by atoms with Gasteiger partial charge in [-0.05, 0) is 45.0 Å². The van der Waals surface area contributed by atoms with Crippen LogP contribution in [0.25, 0.3) is 0 Å². The Hall–Kier alpha value is -0.770. The predicted octanol–water partition coefficient (Wildman–Crippen LogP) is 2.83. The van der Waals surface area contributed by atoms with Crippen LogP contribution >= 0.6 is 11.6 Å². The molecule has 1 aromatic rings. The lowest BCUT2D eigenvalue weighted by Gasteiger charge is -2.22. The molecule has 4 heteroatoms. The number of rotatable bonds is 4. The van der Waals surface area contributed by atoms with E-state index in [0.717, 1.165) is 30.2 Å². The van der Waals surface area contributed by atoms with Gasteiger partial charge in [0.25, 0.3) is 0 Å². The van der Waals surface area contributed by atoms with E-state index in [2.05, 4.69) is 29.3 Å². The largest absolute Gasteiger partial charge is 0.393 e. The minimum Gasteiger partial charge on any atom is -0.393 e. The lowest BCUT2D eigenvalue weighted by Crippen LogP contribution is -2.24. The molecule has 3 nitrogen and oxygen atoms in total. The Bertz CT molecular complexity index is 436. The maximum absolute atomic E-state index is 9.67. The molecule has 1 aliphatic heterocycles. The van der Waals surface area contributed by atoms with Gasteiger partial charge >= 0.3 is 0 Å². The fourth-order valence-electron chi connectivity index (χ4n) is 2.62. The number of anilines is 1. The molecule has 3 atom stereocenters. The van der Waals surface area contributed by atoms with Crippen LogP contribution in [0, 0.1) is 5.92 Å². The van der Waals surface area contributed by atoms with Gasteiger partial charge in [-0.1, -0.05) is 17.7 Å². The van der Waals surface area contributed by atoms with Crippen molar-refractivity contribution in [3.05, 3.63) is 28.8 Å². The molecule has 1 heterocycles. The highest BCUT2D eigenvalue weighted by Crippen LogP contribution is 2.33. The lowest BCUT2D eigenvalue weighted by atomic mass is 10.0. The van der Waals surface area contributed by atoms with E-state index in [1.165, 1.54) is 5.56 Å². The van der Waals surface area contributed by atoms with Gasteiger partial charge in [0.1, 0.15) is 0 Å². The van der Waals surface area contributed by atoms with Gasteiger partial charge in [0.2, 0.25) is 0 Å². The summed E-state index contributed by atoms with van der Waals surface area (Å²) in [7, 11) is 1.94. The van der Waals surface area contributed by atoms with Crippen molar-refractivity contribution in [3.8, 4) is 0 Å². The summed E-state index contributed by atoms with van der Waals surface area (Å²) in [6, 6.07) is 6.55. The Kier molecular flexibility index (Phi) is 4.71.